The molecule has 0 spiro atoms. The Balaban J connectivity index is 0.00000124. The highest BCUT2D eigenvalue weighted by atomic mass is 16.5. The Bertz CT molecular complexity index is 1130. The van der Waals surface area contributed by atoms with Crippen molar-refractivity contribution in [2.75, 3.05) is 19.0 Å². The number of fused-ring (bicyclic) bond motifs is 2. The van der Waals surface area contributed by atoms with Gasteiger partial charge in [0.15, 0.2) is 0 Å². The van der Waals surface area contributed by atoms with E-state index in [-0.39, 0.29) is 11.3 Å². The third-order valence-corrected chi connectivity index (χ3v) is 4.69. The molecule has 3 aromatic rings. The number of pyridine rings is 2. The number of aryl methyl sites for hydroxylation is 1. The Labute approximate surface area is 174 Å². The molecule has 30 heavy (non-hydrogen) atoms. The van der Waals surface area contributed by atoms with Crippen LogP contribution in [0.2, 0.25) is 0 Å². The second-order valence-electron chi connectivity index (χ2n) is 6.40. The van der Waals surface area contributed by atoms with Crippen molar-refractivity contribution in [1.82, 2.24) is 9.97 Å². The van der Waals surface area contributed by atoms with Crippen molar-refractivity contribution in [2.24, 2.45) is 5.73 Å². The third-order valence-electron chi connectivity index (χ3n) is 4.69. The van der Waals surface area contributed by atoms with Gasteiger partial charge < -0.3 is 20.5 Å². The predicted octanol–water partition coefficient (Wildman–Crippen LogP) is 3.53. The van der Waals surface area contributed by atoms with Crippen LogP contribution in [0.1, 0.15) is 46.0 Å². The number of ether oxygens (including phenoxy) is 2. The van der Waals surface area contributed by atoms with Crippen molar-refractivity contribution in [1.29, 1.82) is 0 Å². The molecule has 0 aliphatic carbocycles. The summed E-state index contributed by atoms with van der Waals surface area (Å²) >= 11 is 0. The minimum Gasteiger partial charge on any atom is -0.493 e. The summed E-state index contributed by atoms with van der Waals surface area (Å²) in [5.41, 5.74) is 9.31. The molecule has 3 N–H and O–H groups in total. The number of anilines is 2. The Kier molecular flexibility index (Phi) is 6.15. The first-order valence-corrected chi connectivity index (χ1v) is 9.69. The normalized spacial score (nSPS) is 11.7. The van der Waals surface area contributed by atoms with Crippen molar-refractivity contribution >= 4 is 34.2 Å². The molecule has 3 heterocycles. The van der Waals surface area contributed by atoms with Crippen LogP contribution in [0, 0.1) is 6.92 Å². The summed E-state index contributed by atoms with van der Waals surface area (Å²) in [5.74, 6) is -0.402. The van der Waals surface area contributed by atoms with Gasteiger partial charge in [0.2, 0.25) is 0 Å². The molecule has 0 saturated carbocycles. The third kappa shape index (κ3) is 3.76. The van der Waals surface area contributed by atoms with E-state index < -0.39 is 11.9 Å². The maximum absolute atomic E-state index is 12.1. The summed E-state index contributed by atoms with van der Waals surface area (Å²) in [7, 11) is 1.29. The van der Waals surface area contributed by atoms with Crippen LogP contribution in [0.25, 0.3) is 10.9 Å². The van der Waals surface area contributed by atoms with E-state index in [1.807, 2.05) is 32.0 Å². The van der Waals surface area contributed by atoms with Gasteiger partial charge >= 0.3 is 5.97 Å². The minimum absolute atomic E-state index is 0.126. The molecule has 1 aliphatic heterocycles. The van der Waals surface area contributed by atoms with E-state index in [9.17, 15) is 9.59 Å². The van der Waals surface area contributed by atoms with Gasteiger partial charge in [0.05, 0.1) is 36.2 Å². The highest BCUT2D eigenvalue weighted by Crippen LogP contribution is 2.36. The zero-order valence-electron chi connectivity index (χ0n) is 17.4. The number of carbonyl (C=O) groups excluding carboxylic acids is 2. The number of amides is 1. The van der Waals surface area contributed by atoms with Crippen molar-refractivity contribution in [2.45, 2.75) is 27.2 Å². The molecular weight excluding hydrogens is 384 g/mol. The van der Waals surface area contributed by atoms with E-state index in [0.717, 1.165) is 23.4 Å². The first kappa shape index (κ1) is 21.0. The van der Waals surface area contributed by atoms with Crippen LogP contribution in [0.4, 0.5) is 11.4 Å². The quantitative estimate of drug-likeness (QED) is 0.634. The average molecular weight is 408 g/mol. The van der Waals surface area contributed by atoms with Gasteiger partial charge in [-0.05, 0) is 25.1 Å². The van der Waals surface area contributed by atoms with Gasteiger partial charge in [0, 0.05) is 29.3 Å². The number of nitrogens with one attached hydrogen (secondary N) is 1. The standard InChI is InChI=1S/C20H18N4O4.C2H6/c1-10-17-12(8-15(23-10)20(26)27-2)18(13(9-22-17)19(21)25)24-14-4-3-5-16-11(14)6-7-28-16;1-2/h3-5,8-9H,6-7H2,1-2H3,(H2,21,25)(H,22,24);1-2H3. The smallest absolute Gasteiger partial charge is 0.356 e. The zero-order chi connectivity index (χ0) is 21.8. The van der Waals surface area contributed by atoms with Crippen LogP contribution < -0.4 is 15.8 Å². The van der Waals surface area contributed by atoms with Gasteiger partial charge in [0.25, 0.3) is 5.91 Å². The number of hydrogen-bond acceptors (Lipinski definition) is 7. The van der Waals surface area contributed by atoms with Crippen LogP contribution in [-0.2, 0) is 11.2 Å². The monoisotopic (exact) mass is 408 g/mol. The molecule has 0 radical (unpaired) electrons. The maximum atomic E-state index is 12.1. The number of methoxy groups -OCH3 is 1. The lowest BCUT2D eigenvalue weighted by Crippen LogP contribution is -2.15. The molecule has 1 amide bonds. The first-order valence-electron chi connectivity index (χ1n) is 9.69. The summed E-state index contributed by atoms with van der Waals surface area (Å²) in [6.45, 7) is 6.34. The minimum atomic E-state index is -0.630. The van der Waals surface area contributed by atoms with Gasteiger partial charge in [-0.15, -0.1) is 0 Å². The molecule has 0 unspecified atom stereocenters. The fourth-order valence-electron chi connectivity index (χ4n) is 3.36. The molecule has 8 heteroatoms. The number of benzene rings is 1. The molecule has 0 bridgehead atoms. The van der Waals surface area contributed by atoms with Crippen LogP contribution in [0.15, 0.2) is 30.5 Å². The van der Waals surface area contributed by atoms with Gasteiger partial charge in [0.1, 0.15) is 11.4 Å². The van der Waals surface area contributed by atoms with Gasteiger partial charge in [-0.1, -0.05) is 19.9 Å². The van der Waals surface area contributed by atoms with Crippen molar-refractivity contribution in [3.8, 4) is 5.75 Å². The summed E-state index contributed by atoms with van der Waals surface area (Å²) in [6.07, 6.45) is 2.17. The van der Waals surface area contributed by atoms with E-state index in [1.54, 1.807) is 13.0 Å². The summed E-state index contributed by atoms with van der Waals surface area (Å²) < 4.78 is 10.4. The van der Waals surface area contributed by atoms with Crippen LogP contribution >= 0.6 is 0 Å². The number of nitrogens with zero attached hydrogens (tertiary/aromatic N) is 2. The Hall–Kier alpha value is -3.68. The Morgan fingerprint density at radius 2 is 2.03 bits per heavy atom. The maximum Gasteiger partial charge on any atom is 0.356 e. The van der Waals surface area contributed by atoms with Crippen LogP contribution in [0.3, 0.4) is 0 Å². The highest BCUT2D eigenvalue weighted by molar-refractivity contribution is 6.09. The van der Waals surface area contributed by atoms with Gasteiger partial charge in [-0.3, -0.25) is 9.78 Å². The summed E-state index contributed by atoms with van der Waals surface area (Å²) in [6, 6.07) is 7.22. The van der Waals surface area contributed by atoms with Crippen LogP contribution in [-0.4, -0.2) is 35.6 Å². The number of esters is 1. The SMILES string of the molecule is CC.COC(=O)c1cc2c(Nc3cccc4c3CCO4)c(C(N)=O)cnc2c(C)n1. The average Bonchev–Trinajstić information content (AvgIpc) is 3.24. The van der Waals surface area contributed by atoms with Crippen molar-refractivity contribution < 1.29 is 19.1 Å². The highest BCUT2D eigenvalue weighted by Gasteiger charge is 2.21. The molecule has 1 aromatic carbocycles. The molecular formula is C22H24N4O4. The lowest BCUT2D eigenvalue weighted by atomic mass is 10.1. The lowest BCUT2D eigenvalue weighted by molar-refractivity contribution is 0.0594. The molecule has 0 fully saturated rings. The molecule has 1 aliphatic rings. The molecule has 8 nitrogen and oxygen atoms in total. The first-order chi connectivity index (χ1) is 14.5. The van der Waals surface area contributed by atoms with Gasteiger partial charge in [-0.25, -0.2) is 9.78 Å². The number of primary amides is 1. The number of carbonyl (C=O) groups is 2. The second kappa shape index (κ2) is 8.77. The van der Waals surface area contributed by atoms with E-state index >= 15 is 0 Å². The summed E-state index contributed by atoms with van der Waals surface area (Å²) in [5, 5.41) is 3.86. The lowest BCUT2D eigenvalue weighted by Gasteiger charge is -2.16. The van der Waals surface area contributed by atoms with E-state index in [4.69, 9.17) is 15.2 Å². The fourth-order valence-corrected chi connectivity index (χ4v) is 3.36. The number of rotatable bonds is 4. The van der Waals surface area contributed by atoms with E-state index in [2.05, 4.69) is 15.3 Å². The predicted molar refractivity (Wildman–Crippen MR) is 114 cm³/mol. The Morgan fingerprint density at radius 1 is 1.27 bits per heavy atom. The van der Waals surface area contributed by atoms with E-state index in [0.29, 0.717) is 28.9 Å². The number of nitrogens with two attached hydrogens (primary N) is 1. The second-order valence-corrected chi connectivity index (χ2v) is 6.40. The summed E-state index contributed by atoms with van der Waals surface area (Å²) in [4.78, 5) is 32.7. The van der Waals surface area contributed by atoms with Crippen LogP contribution in [0.5, 0.6) is 5.75 Å². The fraction of sp³-hybridized carbons (Fsp3) is 0.273. The van der Waals surface area contributed by atoms with Crippen molar-refractivity contribution in [3.63, 3.8) is 0 Å². The Morgan fingerprint density at radius 3 is 2.73 bits per heavy atom. The number of hydrogen-bond donors (Lipinski definition) is 2. The molecule has 156 valence electrons. The van der Waals surface area contributed by atoms with E-state index in [1.165, 1.54) is 13.3 Å². The molecule has 0 saturated heterocycles. The molecule has 0 atom stereocenters. The largest absolute Gasteiger partial charge is 0.493 e. The van der Waals surface area contributed by atoms with Crippen molar-refractivity contribution in [3.05, 3.63) is 53.0 Å². The van der Waals surface area contributed by atoms with Gasteiger partial charge in [-0.2, -0.15) is 0 Å². The zero-order valence-corrected chi connectivity index (χ0v) is 17.4. The topological polar surface area (TPSA) is 116 Å². The number of aromatic nitrogens is 2. The molecule has 2 aromatic heterocycles. The molecule has 4 rings (SSSR count).